The Labute approximate surface area is 100 Å². The van der Waals surface area contributed by atoms with Gasteiger partial charge in [0, 0.05) is 18.4 Å². The standard InChI is InChI=1S/C14H16N2O/c1-4-10-8-11-13(17-10)7-6-12-14(11)16(5-2)9(3)15-12/h6-8H,4-5H2,1-3H3. The molecule has 3 heteroatoms. The maximum atomic E-state index is 5.79. The van der Waals surface area contributed by atoms with Gasteiger partial charge in [-0.1, -0.05) is 6.92 Å². The number of hydrogen-bond acceptors (Lipinski definition) is 2. The van der Waals surface area contributed by atoms with Crippen LogP contribution < -0.4 is 0 Å². The Hall–Kier alpha value is -1.77. The Morgan fingerprint density at radius 2 is 2.12 bits per heavy atom. The minimum atomic E-state index is 0.926. The molecule has 1 aromatic carbocycles. The van der Waals surface area contributed by atoms with Gasteiger partial charge in [-0.3, -0.25) is 0 Å². The predicted octanol–water partition coefficient (Wildman–Crippen LogP) is 3.67. The highest BCUT2D eigenvalue weighted by Crippen LogP contribution is 2.29. The maximum Gasteiger partial charge on any atom is 0.136 e. The Kier molecular flexibility index (Phi) is 2.21. The Balaban J connectivity index is 2.47. The van der Waals surface area contributed by atoms with E-state index < -0.39 is 0 Å². The zero-order valence-corrected chi connectivity index (χ0v) is 10.4. The third kappa shape index (κ3) is 1.38. The summed E-state index contributed by atoms with van der Waals surface area (Å²) in [6.07, 6.45) is 0.926. The van der Waals surface area contributed by atoms with E-state index in [0.717, 1.165) is 35.6 Å². The van der Waals surface area contributed by atoms with Crippen molar-refractivity contribution in [1.82, 2.24) is 9.55 Å². The van der Waals surface area contributed by atoms with E-state index in [9.17, 15) is 0 Å². The van der Waals surface area contributed by atoms with Gasteiger partial charge in [-0.15, -0.1) is 0 Å². The average molecular weight is 228 g/mol. The number of benzene rings is 1. The molecule has 0 N–H and O–H groups in total. The van der Waals surface area contributed by atoms with Crippen LogP contribution in [0.25, 0.3) is 22.0 Å². The van der Waals surface area contributed by atoms with Crippen LogP contribution in [0.3, 0.4) is 0 Å². The van der Waals surface area contributed by atoms with Gasteiger partial charge in [0.25, 0.3) is 0 Å². The normalized spacial score (nSPS) is 11.7. The van der Waals surface area contributed by atoms with Gasteiger partial charge in [-0.25, -0.2) is 4.98 Å². The van der Waals surface area contributed by atoms with Crippen molar-refractivity contribution < 1.29 is 4.42 Å². The lowest BCUT2D eigenvalue weighted by Crippen LogP contribution is -1.96. The van der Waals surface area contributed by atoms with Gasteiger partial charge in [-0.05, 0) is 32.0 Å². The van der Waals surface area contributed by atoms with Gasteiger partial charge in [0.15, 0.2) is 0 Å². The molecule has 0 aliphatic heterocycles. The SMILES string of the molecule is CCc1cc2c(ccc3nc(C)n(CC)c32)o1. The summed E-state index contributed by atoms with van der Waals surface area (Å²) in [5, 5.41) is 1.18. The molecule has 3 nitrogen and oxygen atoms in total. The Morgan fingerprint density at radius 1 is 1.29 bits per heavy atom. The van der Waals surface area contributed by atoms with Gasteiger partial charge < -0.3 is 8.98 Å². The number of aromatic nitrogens is 2. The summed E-state index contributed by atoms with van der Waals surface area (Å²) in [6, 6.07) is 6.20. The van der Waals surface area contributed by atoms with Crippen molar-refractivity contribution in [1.29, 1.82) is 0 Å². The minimum absolute atomic E-state index is 0.926. The highest BCUT2D eigenvalue weighted by Gasteiger charge is 2.12. The first kappa shape index (κ1) is 10.4. The third-order valence-electron chi connectivity index (χ3n) is 3.31. The fourth-order valence-corrected chi connectivity index (χ4v) is 2.47. The van der Waals surface area contributed by atoms with E-state index >= 15 is 0 Å². The zero-order valence-electron chi connectivity index (χ0n) is 10.4. The molecule has 0 amide bonds. The molecule has 0 saturated heterocycles. The molecule has 3 aromatic rings. The maximum absolute atomic E-state index is 5.79. The molecule has 0 aliphatic carbocycles. The lowest BCUT2D eigenvalue weighted by atomic mass is 10.2. The number of hydrogen-bond donors (Lipinski definition) is 0. The van der Waals surface area contributed by atoms with E-state index in [1.165, 1.54) is 10.9 Å². The molecule has 17 heavy (non-hydrogen) atoms. The fourth-order valence-electron chi connectivity index (χ4n) is 2.47. The summed E-state index contributed by atoms with van der Waals surface area (Å²) in [6.45, 7) is 7.25. The molecule has 88 valence electrons. The van der Waals surface area contributed by atoms with Crippen molar-refractivity contribution in [2.75, 3.05) is 0 Å². The van der Waals surface area contributed by atoms with Gasteiger partial charge in [0.1, 0.15) is 17.2 Å². The topological polar surface area (TPSA) is 31.0 Å². The van der Waals surface area contributed by atoms with Crippen LogP contribution >= 0.6 is 0 Å². The second-order valence-corrected chi connectivity index (χ2v) is 4.31. The molecule has 0 radical (unpaired) electrons. The van der Waals surface area contributed by atoms with Gasteiger partial charge >= 0.3 is 0 Å². The van der Waals surface area contributed by atoms with E-state index in [0.29, 0.717) is 0 Å². The second kappa shape index (κ2) is 3.62. The van der Waals surface area contributed by atoms with E-state index in [1.807, 2.05) is 12.1 Å². The Bertz CT molecular complexity index is 691. The monoisotopic (exact) mass is 228 g/mol. The molecule has 0 aliphatic rings. The highest BCUT2D eigenvalue weighted by molar-refractivity contribution is 6.02. The summed E-state index contributed by atoms with van der Waals surface area (Å²) >= 11 is 0. The van der Waals surface area contributed by atoms with Crippen LogP contribution in [0, 0.1) is 6.92 Å². The largest absolute Gasteiger partial charge is 0.461 e. The number of furan rings is 1. The van der Waals surface area contributed by atoms with Crippen LogP contribution in [0.5, 0.6) is 0 Å². The smallest absolute Gasteiger partial charge is 0.136 e. The molecular formula is C14H16N2O. The number of imidazole rings is 1. The molecule has 0 fully saturated rings. The van der Waals surface area contributed by atoms with Crippen molar-refractivity contribution in [3.8, 4) is 0 Å². The number of fused-ring (bicyclic) bond motifs is 3. The number of aryl methyl sites for hydroxylation is 3. The zero-order chi connectivity index (χ0) is 12.0. The molecule has 0 unspecified atom stereocenters. The van der Waals surface area contributed by atoms with E-state index in [-0.39, 0.29) is 0 Å². The first-order valence-electron chi connectivity index (χ1n) is 6.12. The molecule has 2 heterocycles. The molecule has 0 atom stereocenters. The third-order valence-corrected chi connectivity index (χ3v) is 3.31. The van der Waals surface area contributed by atoms with Crippen LogP contribution in [0.1, 0.15) is 25.4 Å². The van der Waals surface area contributed by atoms with Gasteiger partial charge in [0.2, 0.25) is 0 Å². The van der Waals surface area contributed by atoms with Crippen LogP contribution in [0.15, 0.2) is 22.6 Å². The number of rotatable bonds is 2. The second-order valence-electron chi connectivity index (χ2n) is 4.31. The predicted molar refractivity (Wildman–Crippen MR) is 69.3 cm³/mol. The fraction of sp³-hybridized carbons (Fsp3) is 0.357. The number of nitrogens with zero attached hydrogens (tertiary/aromatic N) is 2. The molecular weight excluding hydrogens is 212 g/mol. The van der Waals surface area contributed by atoms with E-state index in [2.05, 4.69) is 36.4 Å². The molecule has 0 saturated carbocycles. The van der Waals surface area contributed by atoms with Crippen molar-refractivity contribution in [3.63, 3.8) is 0 Å². The average Bonchev–Trinajstić information content (AvgIpc) is 2.87. The lowest BCUT2D eigenvalue weighted by molar-refractivity contribution is 0.557. The first-order valence-corrected chi connectivity index (χ1v) is 6.12. The van der Waals surface area contributed by atoms with Crippen molar-refractivity contribution in [2.45, 2.75) is 33.7 Å². The van der Waals surface area contributed by atoms with Crippen molar-refractivity contribution in [3.05, 3.63) is 29.8 Å². The van der Waals surface area contributed by atoms with Crippen LogP contribution in [0.4, 0.5) is 0 Å². The van der Waals surface area contributed by atoms with Gasteiger partial charge in [-0.2, -0.15) is 0 Å². The highest BCUT2D eigenvalue weighted by atomic mass is 16.3. The molecule has 2 aromatic heterocycles. The van der Waals surface area contributed by atoms with Crippen molar-refractivity contribution in [2.24, 2.45) is 0 Å². The van der Waals surface area contributed by atoms with E-state index in [4.69, 9.17) is 4.42 Å². The quantitative estimate of drug-likeness (QED) is 0.670. The lowest BCUT2D eigenvalue weighted by Gasteiger charge is -2.01. The van der Waals surface area contributed by atoms with Crippen LogP contribution in [0.2, 0.25) is 0 Å². The summed E-state index contributed by atoms with van der Waals surface area (Å²) < 4.78 is 8.04. The summed E-state index contributed by atoms with van der Waals surface area (Å²) in [7, 11) is 0. The van der Waals surface area contributed by atoms with Gasteiger partial charge in [0.05, 0.1) is 11.0 Å². The van der Waals surface area contributed by atoms with Crippen LogP contribution in [-0.2, 0) is 13.0 Å². The van der Waals surface area contributed by atoms with Crippen LogP contribution in [-0.4, -0.2) is 9.55 Å². The summed E-state index contributed by atoms with van der Waals surface area (Å²) in [5.74, 6) is 2.10. The summed E-state index contributed by atoms with van der Waals surface area (Å²) in [5.41, 5.74) is 3.22. The summed E-state index contributed by atoms with van der Waals surface area (Å²) in [4.78, 5) is 4.59. The molecule has 3 rings (SSSR count). The minimum Gasteiger partial charge on any atom is -0.461 e. The Morgan fingerprint density at radius 3 is 2.82 bits per heavy atom. The van der Waals surface area contributed by atoms with E-state index in [1.54, 1.807) is 0 Å². The molecule has 0 bridgehead atoms. The molecule has 0 spiro atoms. The first-order chi connectivity index (χ1) is 8.24. The van der Waals surface area contributed by atoms with Crippen molar-refractivity contribution >= 4 is 22.0 Å².